The van der Waals surface area contributed by atoms with Crippen LogP contribution in [0, 0.1) is 10.1 Å². The van der Waals surface area contributed by atoms with E-state index in [1.807, 2.05) is 17.0 Å². The van der Waals surface area contributed by atoms with Crippen molar-refractivity contribution in [2.45, 2.75) is 25.4 Å². The molecule has 0 radical (unpaired) electrons. The fourth-order valence-electron chi connectivity index (χ4n) is 2.86. The molecule has 1 N–H and O–H groups in total. The van der Waals surface area contributed by atoms with E-state index in [0.29, 0.717) is 13.0 Å². The zero-order valence-electron chi connectivity index (χ0n) is 12.3. The first-order chi connectivity index (χ1) is 11.0. The third-order valence-electron chi connectivity index (χ3n) is 4.03. The maximum atomic E-state index is 11.2. The van der Waals surface area contributed by atoms with Crippen LogP contribution in [0.2, 0.25) is 0 Å². The number of aliphatic carboxylic acids is 1. The van der Waals surface area contributed by atoms with E-state index in [-0.39, 0.29) is 11.7 Å². The Morgan fingerprint density at radius 2 is 2.04 bits per heavy atom. The number of nitro groups is 1. The van der Waals surface area contributed by atoms with Crippen LogP contribution in [0.15, 0.2) is 36.4 Å². The van der Waals surface area contributed by atoms with Gasteiger partial charge in [0.15, 0.2) is 0 Å². The molecule has 6 nitrogen and oxygen atoms in total. The van der Waals surface area contributed by atoms with Gasteiger partial charge < -0.3 is 5.11 Å². The Kier molecular flexibility index (Phi) is 4.40. The van der Waals surface area contributed by atoms with Gasteiger partial charge in [0.05, 0.1) is 4.92 Å². The lowest BCUT2D eigenvalue weighted by Crippen LogP contribution is -2.35. The van der Waals surface area contributed by atoms with Crippen LogP contribution < -0.4 is 0 Å². The van der Waals surface area contributed by atoms with E-state index >= 15 is 0 Å². The molecule has 0 amide bonds. The summed E-state index contributed by atoms with van der Waals surface area (Å²) in [6, 6.07) is 10.1. The highest BCUT2D eigenvalue weighted by Crippen LogP contribution is 2.31. The van der Waals surface area contributed by atoms with Crippen molar-refractivity contribution in [2.24, 2.45) is 0 Å². The van der Waals surface area contributed by atoms with Crippen LogP contribution in [0.3, 0.4) is 0 Å². The van der Waals surface area contributed by atoms with Gasteiger partial charge in [0, 0.05) is 28.4 Å². The zero-order chi connectivity index (χ0) is 16.4. The lowest BCUT2D eigenvalue weighted by atomic mass is 10.2. The van der Waals surface area contributed by atoms with Crippen molar-refractivity contribution in [3.05, 3.63) is 51.4 Å². The van der Waals surface area contributed by atoms with Crippen LogP contribution in [0.5, 0.6) is 0 Å². The van der Waals surface area contributed by atoms with Crippen molar-refractivity contribution in [1.29, 1.82) is 0 Å². The quantitative estimate of drug-likeness (QED) is 0.670. The van der Waals surface area contributed by atoms with E-state index in [0.717, 1.165) is 28.3 Å². The molecule has 0 bridgehead atoms. The molecule has 1 saturated heterocycles. The summed E-state index contributed by atoms with van der Waals surface area (Å²) in [7, 11) is 0. The van der Waals surface area contributed by atoms with Gasteiger partial charge in [-0.2, -0.15) is 0 Å². The molecule has 1 fully saturated rings. The van der Waals surface area contributed by atoms with Crippen molar-refractivity contribution in [2.75, 3.05) is 6.54 Å². The number of thiophene rings is 1. The molecular weight excluding hydrogens is 316 g/mol. The van der Waals surface area contributed by atoms with E-state index < -0.39 is 10.9 Å². The first kappa shape index (κ1) is 15.6. The van der Waals surface area contributed by atoms with Crippen molar-refractivity contribution < 1.29 is 14.8 Å². The zero-order valence-corrected chi connectivity index (χ0v) is 13.2. The number of likely N-dealkylation sites (tertiary alicyclic amines) is 1. The number of nitro benzene ring substituents is 1. The molecule has 3 rings (SSSR count). The third kappa shape index (κ3) is 3.40. The fourth-order valence-corrected chi connectivity index (χ4v) is 3.90. The Bertz CT molecular complexity index is 726. The van der Waals surface area contributed by atoms with Gasteiger partial charge in [0.25, 0.3) is 5.69 Å². The summed E-state index contributed by atoms with van der Waals surface area (Å²) in [6.07, 6.45) is 1.62. The SMILES string of the molecule is O=C(O)[C@H]1CCCN1Cc1ccc(-c2ccc([N+](=O)[O-])cc2)s1. The average Bonchev–Trinajstić information content (AvgIpc) is 3.17. The predicted octanol–water partition coefficient (Wildman–Crippen LogP) is 3.37. The van der Waals surface area contributed by atoms with E-state index in [2.05, 4.69) is 0 Å². The Hall–Kier alpha value is -2.25. The third-order valence-corrected chi connectivity index (χ3v) is 5.15. The molecule has 0 unspecified atom stereocenters. The van der Waals surface area contributed by atoms with Gasteiger partial charge in [-0.25, -0.2) is 0 Å². The van der Waals surface area contributed by atoms with Crippen LogP contribution in [-0.4, -0.2) is 33.5 Å². The molecule has 0 spiro atoms. The molecule has 0 saturated carbocycles. The van der Waals surface area contributed by atoms with Gasteiger partial charge in [-0.05, 0) is 49.2 Å². The summed E-state index contributed by atoms with van der Waals surface area (Å²) >= 11 is 1.60. The van der Waals surface area contributed by atoms with E-state index in [1.54, 1.807) is 23.5 Å². The highest BCUT2D eigenvalue weighted by Gasteiger charge is 2.30. The summed E-state index contributed by atoms with van der Waals surface area (Å²) in [5.74, 6) is -0.755. The second-order valence-corrected chi connectivity index (χ2v) is 6.71. The molecule has 2 aromatic rings. The lowest BCUT2D eigenvalue weighted by Gasteiger charge is -2.19. The van der Waals surface area contributed by atoms with Gasteiger partial charge in [-0.15, -0.1) is 11.3 Å². The van der Waals surface area contributed by atoms with Gasteiger partial charge in [0.1, 0.15) is 6.04 Å². The highest BCUT2D eigenvalue weighted by molar-refractivity contribution is 7.15. The molecule has 1 aliphatic heterocycles. The van der Waals surface area contributed by atoms with Crippen LogP contribution >= 0.6 is 11.3 Å². The van der Waals surface area contributed by atoms with Gasteiger partial charge in [-0.1, -0.05) is 0 Å². The number of carboxylic acids is 1. The lowest BCUT2D eigenvalue weighted by molar-refractivity contribution is -0.384. The van der Waals surface area contributed by atoms with Gasteiger partial charge in [0.2, 0.25) is 0 Å². The highest BCUT2D eigenvalue weighted by atomic mass is 32.1. The summed E-state index contributed by atoms with van der Waals surface area (Å²) in [4.78, 5) is 25.6. The predicted molar refractivity (Wildman–Crippen MR) is 87.5 cm³/mol. The minimum absolute atomic E-state index is 0.0758. The molecule has 1 aromatic heterocycles. The van der Waals surface area contributed by atoms with Crippen molar-refractivity contribution in [3.63, 3.8) is 0 Å². The molecule has 2 heterocycles. The number of carboxylic acid groups (broad SMARTS) is 1. The molecule has 1 atom stereocenters. The summed E-state index contributed by atoms with van der Waals surface area (Å²) in [5, 5.41) is 19.9. The fraction of sp³-hybridized carbons (Fsp3) is 0.312. The number of rotatable bonds is 5. The standard InChI is InChI=1S/C16H16N2O4S/c19-16(20)14-2-1-9-17(14)10-13-7-8-15(23-13)11-3-5-12(6-4-11)18(21)22/h3-8,14H,1-2,9-10H2,(H,19,20)/t14-/m1/s1. The number of non-ortho nitro benzene ring substituents is 1. The van der Waals surface area contributed by atoms with Crippen LogP contribution in [0.1, 0.15) is 17.7 Å². The number of hydrogen-bond acceptors (Lipinski definition) is 5. The molecule has 7 heteroatoms. The molecule has 23 heavy (non-hydrogen) atoms. The molecular formula is C16H16N2O4S. The molecule has 1 aromatic carbocycles. The Morgan fingerprint density at radius 3 is 2.70 bits per heavy atom. The van der Waals surface area contributed by atoms with Crippen LogP contribution in [0.25, 0.3) is 10.4 Å². The first-order valence-electron chi connectivity index (χ1n) is 7.35. The number of carbonyl (C=O) groups is 1. The Morgan fingerprint density at radius 1 is 1.30 bits per heavy atom. The number of benzene rings is 1. The largest absolute Gasteiger partial charge is 0.480 e. The molecule has 0 aliphatic carbocycles. The minimum atomic E-state index is -0.755. The minimum Gasteiger partial charge on any atom is -0.480 e. The molecule has 1 aliphatic rings. The summed E-state index contributed by atoms with van der Waals surface area (Å²) in [6.45, 7) is 1.44. The maximum Gasteiger partial charge on any atom is 0.320 e. The summed E-state index contributed by atoms with van der Waals surface area (Å²) < 4.78 is 0. The Balaban J connectivity index is 1.73. The number of hydrogen-bond donors (Lipinski definition) is 1. The van der Waals surface area contributed by atoms with E-state index in [9.17, 15) is 20.0 Å². The van der Waals surface area contributed by atoms with Crippen molar-refractivity contribution >= 4 is 23.0 Å². The second kappa shape index (κ2) is 6.47. The monoisotopic (exact) mass is 332 g/mol. The van der Waals surface area contributed by atoms with Crippen LogP contribution in [-0.2, 0) is 11.3 Å². The Labute approximate surface area is 137 Å². The van der Waals surface area contributed by atoms with Gasteiger partial charge in [-0.3, -0.25) is 19.8 Å². The number of nitrogens with zero attached hydrogens (tertiary/aromatic N) is 2. The first-order valence-corrected chi connectivity index (χ1v) is 8.16. The summed E-state index contributed by atoms with van der Waals surface area (Å²) in [5.41, 5.74) is 1.01. The van der Waals surface area contributed by atoms with Crippen LogP contribution in [0.4, 0.5) is 5.69 Å². The normalized spacial score (nSPS) is 18.2. The van der Waals surface area contributed by atoms with E-state index in [4.69, 9.17) is 0 Å². The maximum absolute atomic E-state index is 11.2. The smallest absolute Gasteiger partial charge is 0.320 e. The second-order valence-electron chi connectivity index (χ2n) is 5.54. The van der Waals surface area contributed by atoms with Crippen molar-refractivity contribution in [3.8, 4) is 10.4 Å². The van der Waals surface area contributed by atoms with Crippen molar-refractivity contribution in [1.82, 2.24) is 4.90 Å². The average molecular weight is 332 g/mol. The molecule has 120 valence electrons. The van der Waals surface area contributed by atoms with Gasteiger partial charge >= 0.3 is 5.97 Å². The van der Waals surface area contributed by atoms with E-state index in [1.165, 1.54) is 12.1 Å². The topological polar surface area (TPSA) is 83.7 Å².